The number of hydrogen-bond donors (Lipinski definition) is 2. The van der Waals surface area contributed by atoms with E-state index in [-0.39, 0.29) is 35.4 Å². The molecule has 284 valence electrons. The molecule has 0 aromatic heterocycles. The van der Waals surface area contributed by atoms with Crippen molar-refractivity contribution in [3.63, 3.8) is 0 Å². The number of rotatable bonds is 7. The second-order valence-electron chi connectivity index (χ2n) is 17.8. The van der Waals surface area contributed by atoms with E-state index in [9.17, 15) is 36.6 Å². The SMILES string of the molecule is CC1=CCC[C@@]2(C)[C@@H](CC[C@@]2(O)CN(CC23CC4CC(CC(C4)C2)C3)S(C)(=O)=O)c2ccc(cc2C(=O)c2cccc(C(F)(F)F)c2)C[C@@H](O)CC1. The number of alkyl halides is 3. The van der Waals surface area contributed by atoms with Crippen LogP contribution in [0.4, 0.5) is 13.2 Å². The summed E-state index contributed by atoms with van der Waals surface area (Å²) in [5, 5.41) is 23.9. The summed E-state index contributed by atoms with van der Waals surface area (Å²) in [7, 11) is -3.69. The number of ketones is 1. The topological polar surface area (TPSA) is 94.9 Å². The highest BCUT2D eigenvalue weighted by atomic mass is 32.2. The van der Waals surface area contributed by atoms with Gasteiger partial charge in [-0.1, -0.05) is 42.8 Å². The van der Waals surface area contributed by atoms with Crippen molar-refractivity contribution in [2.45, 2.75) is 121 Å². The van der Waals surface area contributed by atoms with E-state index in [4.69, 9.17) is 0 Å². The third kappa shape index (κ3) is 7.30. The zero-order chi connectivity index (χ0) is 37.3. The van der Waals surface area contributed by atoms with Crippen molar-refractivity contribution in [3.05, 3.63) is 81.9 Å². The summed E-state index contributed by atoms with van der Waals surface area (Å²) in [5.41, 5.74) is -0.606. The molecule has 0 aliphatic heterocycles. The molecule has 0 unspecified atom stereocenters. The van der Waals surface area contributed by atoms with E-state index < -0.39 is 44.7 Å². The van der Waals surface area contributed by atoms with Crippen LogP contribution in [0.3, 0.4) is 0 Å². The van der Waals surface area contributed by atoms with Crippen molar-refractivity contribution in [3.8, 4) is 0 Å². The number of aliphatic hydroxyl groups excluding tert-OH is 1. The number of nitrogens with zero attached hydrogens (tertiary/aromatic N) is 1. The van der Waals surface area contributed by atoms with Crippen LogP contribution in [0.25, 0.3) is 0 Å². The first-order valence-electron chi connectivity index (χ1n) is 19.2. The Morgan fingerprint density at radius 2 is 1.63 bits per heavy atom. The van der Waals surface area contributed by atoms with Crippen LogP contribution in [-0.4, -0.2) is 59.8 Å². The van der Waals surface area contributed by atoms with Gasteiger partial charge in [0.25, 0.3) is 0 Å². The summed E-state index contributed by atoms with van der Waals surface area (Å²) in [6, 6.07) is 9.92. The Morgan fingerprint density at radius 3 is 2.27 bits per heavy atom. The molecule has 52 heavy (non-hydrogen) atoms. The van der Waals surface area contributed by atoms with E-state index in [1.165, 1.54) is 37.7 Å². The van der Waals surface area contributed by atoms with Crippen LogP contribution in [-0.2, 0) is 22.6 Å². The van der Waals surface area contributed by atoms with Gasteiger partial charge in [-0.3, -0.25) is 4.79 Å². The number of aliphatic hydroxyl groups is 2. The Labute approximate surface area is 306 Å². The van der Waals surface area contributed by atoms with Gasteiger partial charge in [0.05, 0.1) is 23.5 Å². The van der Waals surface area contributed by atoms with Crippen LogP contribution in [0.5, 0.6) is 0 Å². The van der Waals surface area contributed by atoms with Crippen LogP contribution in [0.1, 0.15) is 129 Å². The lowest BCUT2D eigenvalue weighted by atomic mass is 9.49. The van der Waals surface area contributed by atoms with Crippen LogP contribution in [0.15, 0.2) is 54.1 Å². The van der Waals surface area contributed by atoms with Gasteiger partial charge in [0.15, 0.2) is 5.78 Å². The monoisotopic (exact) mass is 741 g/mol. The molecule has 7 aliphatic rings. The molecular formula is C42H54F3NO5S. The molecule has 6 bridgehead atoms. The summed E-state index contributed by atoms with van der Waals surface area (Å²) < 4.78 is 70.1. The third-order valence-electron chi connectivity index (χ3n) is 14.0. The van der Waals surface area contributed by atoms with Crippen LogP contribution >= 0.6 is 0 Å². The Kier molecular flexibility index (Phi) is 9.91. The van der Waals surface area contributed by atoms with E-state index in [1.54, 1.807) is 10.4 Å². The molecule has 0 spiro atoms. The van der Waals surface area contributed by atoms with Crippen LogP contribution in [0.2, 0.25) is 0 Å². The first-order valence-corrected chi connectivity index (χ1v) is 21.1. The molecule has 0 amide bonds. The van der Waals surface area contributed by atoms with Gasteiger partial charge in [-0.05, 0) is 149 Å². The van der Waals surface area contributed by atoms with Gasteiger partial charge >= 0.3 is 6.18 Å². The van der Waals surface area contributed by atoms with Crippen LogP contribution < -0.4 is 0 Å². The van der Waals surface area contributed by atoms with Crippen molar-refractivity contribution in [2.75, 3.05) is 19.3 Å². The molecule has 0 radical (unpaired) electrons. The van der Waals surface area contributed by atoms with E-state index in [2.05, 4.69) is 6.08 Å². The number of allylic oxidation sites excluding steroid dienone is 2. The lowest BCUT2D eigenvalue weighted by molar-refractivity contribution is -0.137. The quantitative estimate of drug-likeness (QED) is 0.220. The predicted octanol–water partition coefficient (Wildman–Crippen LogP) is 8.45. The first-order chi connectivity index (χ1) is 24.4. The normalized spacial score (nSPS) is 35.0. The van der Waals surface area contributed by atoms with E-state index in [0.29, 0.717) is 74.0 Å². The Hall–Kier alpha value is -2.53. The highest BCUT2D eigenvalue weighted by Crippen LogP contribution is 2.62. The second kappa shape index (κ2) is 13.6. The van der Waals surface area contributed by atoms with Gasteiger partial charge in [-0.2, -0.15) is 17.5 Å². The zero-order valence-corrected chi connectivity index (χ0v) is 31.5. The minimum absolute atomic E-state index is 0.0372. The highest BCUT2D eigenvalue weighted by molar-refractivity contribution is 7.88. The molecule has 5 saturated carbocycles. The van der Waals surface area contributed by atoms with Crippen molar-refractivity contribution >= 4 is 15.8 Å². The Morgan fingerprint density at radius 1 is 0.962 bits per heavy atom. The lowest BCUT2D eigenvalue weighted by Gasteiger charge is -2.58. The average Bonchev–Trinajstić information content (AvgIpc) is 3.30. The average molecular weight is 742 g/mol. The minimum Gasteiger partial charge on any atom is -0.393 e. The minimum atomic E-state index is -4.62. The standard InChI is InChI=1S/C42H54F3NO5S/c1-27-6-5-14-39(2)37(13-15-41(39,49)26-46(52(3,50)51)25-40-22-29-16-30(23-40)18-31(17-29)24-40)35-12-10-28(19-34(47)11-9-27)20-36(35)38(48)32-7-4-8-33(21-32)42(43,44)45/h4,6-8,10,12,20-21,29-31,34,37,47,49H,5,9,11,13-19,22-26H2,1-3H3/t29?,30?,31?,34-,37-,39-,40?,41+/m0/s1. The molecule has 7 aliphatic carbocycles. The predicted molar refractivity (Wildman–Crippen MR) is 195 cm³/mol. The van der Waals surface area contributed by atoms with Crippen LogP contribution in [0, 0.1) is 28.6 Å². The fourth-order valence-electron chi connectivity index (χ4n) is 11.6. The van der Waals surface area contributed by atoms with E-state index in [1.807, 2.05) is 26.0 Å². The summed E-state index contributed by atoms with van der Waals surface area (Å²) in [5.74, 6) is 1.03. The molecule has 6 nitrogen and oxygen atoms in total. The van der Waals surface area contributed by atoms with Gasteiger partial charge < -0.3 is 10.2 Å². The number of halogens is 3. The summed E-state index contributed by atoms with van der Waals surface area (Å²) >= 11 is 0. The maximum atomic E-state index is 14.3. The van der Waals surface area contributed by atoms with E-state index >= 15 is 0 Å². The first kappa shape index (κ1) is 37.8. The summed E-state index contributed by atoms with van der Waals surface area (Å²) in [4.78, 5) is 14.3. The largest absolute Gasteiger partial charge is 0.416 e. The molecule has 10 heteroatoms. The Balaban J connectivity index is 1.28. The second-order valence-corrected chi connectivity index (χ2v) is 19.8. The molecule has 2 aromatic carbocycles. The molecule has 2 N–H and O–H groups in total. The number of sulfonamides is 1. The maximum absolute atomic E-state index is 14.3. The van der Waals surface area contributed by atoms with Crippen molar-refractivity contribution < 1.29 is 36.6 Å². The van der Waals surface area contributed by atoms with E-state index in [0.717, 1.165) is 37.0 Å². The number of hydrogen-bond acceptors (Lipinski definition) is 5. The smallest absolute Gasteiger partial charge is 0.393 e. The molecule has 0 heterocycles. The Bertz CT molecular complexity index is 1800. The van der Waals surface area contributed by atoms with Crippen molar-refractivity contribution in [1.82, 2.24) is 4.31 Å². The van der Waals surface area contributed by atoms with Crippen molar-refractivity contribution in [1.29, 1.82) is 0 Å². The van der Waals surface area contributed by atoms with Gasteiger partial charge in [0.1, 0.15) is 0 Å². The molecular weight excluding hydrogens is 688 g/mol. The van der Waals surface area contributed by atoms with Gasteiger partial charge in [-0.25, -0.2) is 8.42 Å². The van der Waals surface area contributed by atoms with Gasteiger partial charge in [-0.15, -0.1) is 0 Å². The number of benzene rings is 2. The third-order valence-corrected chi connectivity index (χ3v) is 15.1. The number of fused-ring (bicyclic) bond motifs is 8. The molecule has 4 atom stereocenters. The summed E-state index contributed by atoms with van der Waals surface area (Å²) in [6.45, 7) is 4.43. The zero-order valence-electron chi connectivity index (χ0n) is 30.7. The van der Waals surface area contributed by atoms with Gasteiger partial charge in [0.2, 0.25) is 10.0 Å². The molecule has 0 saturated heterocycles. The maximum Gasteiger partial charge on any atom is 0.416 e. The molecule has 9 rings (SSSR count). The number of carbonyl (C=O) groups excluding carboxylic acids is 1. The lowest BCUT2D eigenvalue weighted by Crippen LogP contribution is -2.57. The molecule has 2 aromatic rings. The molecule has 5 fully saturated rings. The number of carbonyl (C=O) groups is 1. The summed E-state index contributed by atoms with van der Waals surface area (Å²) in [6.07, 6.45) is 8.36. The fraction of sp³-hybridized carbons (Fsp3) is 0.643. The fourth-order valence-corrected chi connectivity index (χ4v) is 12.6. The highest BCUT2D eigenvalue weighted by Gasteiger charge is 2.59. The van der Waals surface area contributed by atoms with Gasteiger partial charge in [0, 0.05) is 29.6 Å². The van der Waals surface area contributed by atoms with Crippen molar-refractivity contribution in [2.24, 2.45) is 28.6 Å².